The van der Waals surface area contributed by atoms with Crippen LogP contribution < -0.4 is 0 Å². The van der Waals surface area contributed by atoms with Gasteiger partial charge in [-0.15, -0.1) is 0 Å². The number of hydrogen-bond donors (Lipinski definition) is 3. The molecular formula is H3AgBrO4P. The Kier molecular flexibility index (Phi) is 8.72. The predicted molar refractivity (Wildman–Crippen MR) is 23.2 cm³/mol. The number of rotatable bonds is 0. The van der Waals surface area contributed by atoms with Crippen LogP contribution in [0.3, 0.4) is 0 Å². The summed E-state index contributed by atoms with van der Waals surface area (Å²) in [6, 6.07) is 0. The second-order valence-electron chi connectivity index (χ2n) is 0.513. The van der Waals surface area contributed by atoms with Crippen molar-refractivity contribution in [2.24, 2.45) is 0 Å². The first-order chi connectivity index (χ1) is 3.00. The average molecular weight is 286 g/mol. The third-order valence-corrected chi connectivity index (χ3v) is 0. The molecule has 0 aliphatic rings. The summed E-state index contributed by atoms with van der Waals surface area (Å²) >= 11 is 5.51. The Morgan fingerprint density at radius 1 is 1.29 bits per heavy atom. The standard InChI is InChI=1S/Ag.BrH.H3O4P/c;;1-5(2,3)4/h;1H;(H3,1,2,3,4)/q+1;;/p-1. The van der Waals surface area contributed by atoms with E-state index in [0.717, 1.165) is 0 Å². The molecule has 0 fully saturated rings. The summed E-state index contributed by atoms with van der Waals surface area (Å²) in [6.45, 7) is 0. The monoisotopic (exact) mass is 284 g/mol. The summed E-state index contributed by atoms with van der Waals surface area (Å²) in [5.74, 6) is 0. The molecule has 0 aromatic carbocycles. The van der Waals surface area contributed by atoms with E-state index in [1.165, 1.54) is 0 Å². The molecule has 0 aliphatic carbocycles. The van der Waals surface area contributed by atoms with Crippen molar-refractivity contribution in [3.63, 3.8) is 0 Å². The van der Waals surface area contributed by atoms with Gasteiger partial charge in [0.15, 0.2) is 0 Å². The normalized spacial score (nSPS) is 9.43. The van der Waals surface area contributed by atoms with Gasteiger partial charge in [0, 0.05) is 0 Å². The molecule has 0 rings (SSSR count). The molecule has 50 valence electrons. The van der Waals surface area contributed by atoms with Crippen molar-refractivity contribution >= 4 is 20.8 Å². The van der Waals surface area contributed by atoms with Gasteiger partial charge in [-0.25, -0.2) is 4.57 Å². The summed E-state index contributed by atoms with van der Waals surface area (Å²) in [5, 5.41) is 0. The molecule has 0 heterocycles. The minimum atomic E-state index is -4.64. The van der Waals surface area contributed by atoms with Gasteiger partial charge in [0.25, 0.3) is 0 Å². The summed E-state index contributed by atoms with van der Waals surface area (Å²) in [7, 11) is -4.64. The van der Waals surface area contributed by atoms with E-state index in [-0.39, 0.29) is 0 Å². The van der Waals surface area contributed by atoms with Crippen LogP contribution in [-0.2, 0) is 23.5 Å². The zero-order chi connectivity index (χ0) is 6.50. The number of halogens is 1. The molecule has 0 atom stereocenters. The molecule has 0 saturated carbocycles. The van der Waals surface area contributed by atoms with Crippen molar-refractivity contribution in [1.82, 2.24) is 0 Å². The van der Waals surface area contributed by atoms with Gasteiger partial charge in [-0.2, -0.15) is 0 Å². The van der Waals surface area contributed by atoms with E-state index in [2.05, 4.69) is 32.0 Å². The second-order valence-corrected chi connectivity index (χ2v) is 1.54. The fraction of sp³-hybridized carbons (Fsp3) is 0. The quantitative estimate of drug-likeness (QED) is 0.430. The first-order valence-corrected chi connectivity index (χ1v) is 5.85. The SMILES string of the molecule is O=P(O)(O)O.[Br][Ag]. The van der Waals surface area contributed by atoms with Crippen molar-refractivity contribution in [3.05, 3.63) is 0 Å². The molecule has 0 saturated heterocycles. The molecule has 0 unspecified atom stereocenters. The van der Waals surface area contributed by atoms with Crippen LogP contribution in [-0.4, -0.2) is 14.7 Å². The van der Waals surface area contributed by atoms with Gasteiger partial charge in [0.05, 0.1) is 0 Å². The number of phosphoric acid groups is 1. The van der Waals surface area contributed by atoms with Crippen LogP contribution in [0.15, 0.2) is 0 Å². The van der Waals surface area contributed by atoms with Gasteiger partial charge < -0.3 is 14.7 Å². The predicted octanol–water partition coefficient (Wildman–Crippen LogP) is -0.0855. The van der Waals surface area contributed by atoms with E-state index in [4.69, 9.17) is 19.2 Å². The summed E-state index contributed by atoms with van der Waals surface area (Å²) < 4.78 is 8.88. The average Bonchev–Trinajstić information content (AvgIpc) is 1.36. The third kappa shape index (κ3) is 118. The molecule has 0 aromatic heterocycles. The zero-order valence-electron chi connectivity index (χ0n) is 2.88. The van der Waals surface area contributed by atoms with Gasteiger partial charge >= 0.3 is 39.8 Å². The molecule has 0 spiro atoms. The number of hydrogen-bond acceptors (Lipinski definition) is 1. The van der Waals surface area contributed by atoms with Crippen LogP contribution in [0.1, 0.15) is 0 Å². The maximum absolute atomic E-state index is 8.88. The Hall–Kier alpha value is 1.33. The van der Waals surface area contributed by atoms with Gasteiger partial charge in [0.2, 0.25) is 0 Å². The van der Waals surface area contributed by atoms with Crippen molar-refractivity contribution in [1.29, 1.82) is 0 Å². The fourth-order valence-electron chi connectivity index (χ4n) is 0. The molecule has 7 heteroatoms. The molecule has 4 nitrogen and oxygen atoms in total. The Bertz CT molecular complexity index is 57.8. The molecule has 0 bridgehead atoms. The first kappa shape index (κ1) is 11.2. The van der Waals surface area contributed by atoms with E-state index in [1.807, 2.05) is 0 Å². The van der Waals surface area contributed by atoms with E-state index in [0.29, 0.717) is 0 Å². The third-order valence-electron chi connectivity index (χ3n) is 0. The van der Waals surface area contributed by atoms with Gasteiger partial charge in [0.1, 0.15) is 0 Å². The summed E-state index contributed by atoms with van der Waals surface area (Å²) in [5.41, 5.74) is 0. The van der Waals surface area contributed by atoms with Gasteiger partial charge in [-0.05, 0) is 0 Å². The molecule has 0 aliphatic heterocycles. The Morgan fingerprint density at radius 2 is 1.29 bits per heavy atom. The zero-order valence-corrected chi connectivity index (χ0v) is 6.84. The van der Waals surface area contributed by atoms with Crippen molar-refractivity contribution in [3.8, 4) is 0 Å². The minimum absolute atomic E-state index is 2.75. The summed E-state index contributed by atoms with van der Waals surface area (Å²) in [6.07, 6.45) is 0. The molecule has 0 aromatic rings. The fourth-order valence-corrected chi connectivity index (χ4v) is 0. The maximum atomic E-state index is 8.88. The Labute approximate surface area is 59.0 Å². The van der Waals surface area contributed by atoms with E-state index < -0.39 is 7.82 Å². The van der Waals surface area contributed by atoms with Crippen LogP contribution in [0, 0.1) is 0 Å². The van der Waals surface area contributed by atoms with E-state index >= 15 is 0 Å². The van der Waals surface area contributed by atoms with Crippen LogP contribution in [0.25, 0.3) is 0 Å². The van der Waals surface area contributed by atoms with E-state index in [9.17, 15) is 0 Å². The van der Waals surface area contributed by atoms with Gasteiger partial charge in [-0.1, -0.05) is 0 Å². The molecule has 0 radical (unpaired) electrons. The Morgan fingerprint density at radius 3 is 1.29 bits per heavy atom. The topological polar surface area (TPSA) is 77.8 Å². The van der Waals surface area contributed by atoms with E-state index in [1.54, 1.807) is 0 Å². The van der Waals surface area contributed by atoms with Crippen LogP contribution >= 0.6 is 20.8 Å². The van der Waals surface area contributed by atoms with Crippen LogP contribution in [0.5, 0.6) is 0 Å². The first-order valence-electron chi connectivity index (χ1n) is 0.897. The molecule has 3 N–H and O–H groups in total. The van der Waals surface area contributed by atoms with Gasteiger partial charge in [-0.3, -0.25) is 0 Å². The van der Waals surface area contributed by atoms with Crippen LogP contribution in [0.4, 0.5) is 0 Å². The van der Waals surface area contributed by atoms with Crippen molar-refractivity contribution < 1.29 is 38.2 Å². The molecule has 0 amide bonds. The molecule has 7 heavy (non-hydrogen) atoms. The summed E-state index contributed by atoms with van der Waals surface area (Å²) in [4.78, 5) is 21.6. The second kappa shape index (κ2) is 5.47. The Balaban J connectivity index is 0. The van der Waals surface area contributed by atoms with Crippen molar-refractivity contribution in [2.45, 2.75) is 0 Å². The van der Waals surface area contributed by atoms with Crippen LogP contribution in [0.2, 0.25) is 0 Å². The van der Waals surface area contributed by atoms with Crippen molar-refractivity contribution in [2.75, 3.05) is 0 Å². The molecular weight excluding hydrogens is 283 g/mol.